The minimum Gasteiger partial charge on any atom is -0.450 e. The molecule has 0 aliphatic rings. The molecule has 0 saturated heterocycles. The van der Waals surface area contributed by atoms with E-state index >= 15 is 0 Å². The number of esters is 1. The summed E-state index contributed by atoms with van der Waals surface area (Å²) < 4.78 is 28.7. The molecule has 0 N–H and O–H groups in total. The molecule has 5 nitrogen and oxygen atoms in total. The molecular formula is C12H25O5P. The summed E-state index contributed by atoms with van der Waals surface area (Å²) in [6, 6.07) is 0. The Morgan fingerprint density at radius 3 is 1.83 bits per heavy atom. The maximum atomic E-state index is 12.7. The molecule has 0 radical (unpaired) electrons. The summed E-state index contributed by atoms with van der Waals surface area (Å²) in [6.07, 6.45) is 0.662. The van der Waals surface area contributed by atoms with Crippen LogP contribution in [-0.2, 0) is 23.1 Å². The van der Waals surface area contributed by atoms with E-state index in [9.17, 15) is 9.36 Å². The zero-order valence-corrected chi connectivity index (χ0v) is 13.0. The van der Waals surface area contributed by atoms with E-state index in [1.54, 1.807) is 27.7 Å². The highest BCUT2D eigenvalue weighted by atomic mass is 31.2. The fourth-order valence-electron chi connectivity index (χ4n) is 1.47. The summed E-state index contributed by atoms with van der Waals surface area (Å²) >= 11 is 0. The second kappa shape index (κ2) is 7.93. The average molecular weight is 280 g/mol. The van der Waals surface area contributed by atoms with Gasteiger partial charge in [-0.3, -0.25) is 9.36 Å². The SMILES string of the molecule is CCC[C@@H](OC(C)=O)P(=O)(OC(C)C)OC(C)C. The predicted molar refractivity (Wildman–Crippen MR) is 70.5 cm³/mol. The Kier molecular flexibility index (Phi) is 7.76. The first-order valence-corrected chi connectivity index (χ1v) is 7.96. The van der Waals surface area contributed by atoms with Gasteiger partial charge in [0.05, 0.1) is 12.2 Å². The van der Waals surface area contributed by atoms with Crippen LogP contribution in [-0.4, -0.2) is 24.0 Å². The lowest BCUT2D eigenvalue weighted by molar-refractivity contribution is -0.144. The van der Waals surface area contributed by atoms with Crippen molar-refractivity contribution < 1.29 is 23.1 Å². The molecule has 108 valence electrons. The number of rotatable bonds is 8. The number of carbonyl (C=O) groups is 1. The monoisotopic (exact) mass is 280 g/mol. The molecule has 6 heteroatoms. The first kappa shape index (κ1) is 17.6. The Hall–Kier alpha value is -0.380. The Bertz CT molecular complexity index is 287. The van der Waals surface area contributed by atoms with Gasteiger partial charge in [-0.05, 0) is 34.1 Å². The van der Waals surface area contributed by atoms with Gasteiger partial charge in [-0.1, -0.05) is 13.3 Å². The zero-order chi connectivity index (χ0) is 14.3. The van der Waals surface area contributed by atoms with Gasteiger partial charge >= 0.3 is 13.6 Å². The van der Waals surface area contributed by atoms with E-state index < -0.39 is 19.4 Å². The molecule has 0 amide bonds. The maximum Gasteiger partial charge on any atom is 0.371 e. The minimum atomic E-state index is -3.46. The van der Waals surface area contributed by atoms with Crippen LogP contribution in [0.3, 0.4) is 0 Å². The third-order valence-corrected chi connectivity index (χ3v) is 4.41. The van der Waals surface area contributed by atoms with Crippen LogP contribution in [0.1, 0.15) is 54.4 Å². The number of carbonyl (C=O) groups excluding carboxylic acids is 1. The van der Waals surface area contributed by atoms with E-state index in [1.165, 1.54) is 6.92 Å². The summed E-state index contributed by atoms with van der Waals surface area (Å²) in [4.78, 5) is 11.1. The molecule has 0 fully saturated rings. The van der Waals surface area contributed by atoms with E-state index in [1.807, 2.05) is 6.92 Å². The summed E-state index contributed by atoms with van der Waals surface area (Å²) in [5.41, 5.74) is 0. The van der Waals surface area contributed by atoms with Gasteiger partial charge in [0, 0.05) is 6.92 Å². The highest BCUT2D eigenvalue weighted by molar-refractivity contribution is 7.54. The summed E-state index contributed by atoms with van der Waals surface area (Å²) in [6.45, 7) is 10.3. The number of hydrogen-bond acceptors (Lipinski definition) is 5. The van der Waals surface area contributed by atoms with E-state index in [0.717, 1.165) is 6.42 Å². The first-order valence-electron chi connectivity index (χ1n) is 6.35. The molecule has 18 heavy (non-hydrogen) atoms. The van der Waals surface area contributed by atoms with Crippen molar-refractivity contribution in [1.82, 2.24) is 0 Å². The highest BCUT2D eigenvalue weighted by Gasteiger charge is 2.39. The molecule has 1 atom stereocenters. The van der Waals surface area contributed by atoms with Gasteiger partial charge in [0.25, 0.3) is 0 Å². The van der Waals surface area contributed by atoms with Gasteiger partial charge < -0.3 is 13.8 Å². The Morgan fingerprint density at radius 2 is 1.56 bits per heavy atom. The summed E-state index contributed by atoms with van der Waals surface area (Å²) in [7, 11) is -3.46. The lowest BCUT2D eigenvalue weighted by Crippen LogP contribution is -2.22. The largest absolute Gasteiger partial charge is 0.450 e. The van der Waals surface area contributed by atoms with Crippen LogP contribution in [0.4, 0.5) is 0 Å². The van der Waals surface area contributed by atoms with Crippen LogP contribution in [0.15, 0.2) is 0 Å². The van der Waals surface area contributed by atoms with Crippen molar-refractivity contribution >= 4 is 13.6 Å². The zero-order valence-electron chi connectivity index (χ0n) is 12.1. The molecule has 0 unspecified atom stereocenters. The van der Waals surface area contributed by atoms with Gasteiger partial charge in [0.1, 0.15) is 0 Å². The fourth-order valence-corrected chi connectivity index (χ4v) is 3.82. The van der Waals surface area contributed by atoms with Crippen molar-refractivity contribution in [1.29, 1.82) is 0 Å². The first-order chi connectivity index (χ1) is 8.21. The molecule has 0 aromatic carbocycles. The van der Waals surface area contributed by atoms with Crippen LogP contribution in [0, 0.1) is 0 Å². The Balaban J connectivity index is 5.07. The maximum absolute atomic E-state index is 12.7. The molecule has 0 bridgehead atoms. The molecule has 0 rings (SSSR count). The van der Waals surface area contributed by atoms with Crippen molar-refractivity contribution in [3.63, 3.8) is 0 Å². The Labute approximate surface area is 110 Å². The molecular weight excluding hydrogens is 255 g/mol. The van der Waals surface area contributed by atoms with Crippen molar-refractivity contribution in [2.45, 2.75) is 72.4 Å². The van der Waals surface area contributed by atoms with Crippen molar-refractivity contribution in [2.75, 3.05) is 0 Å². The molecule has 0 spiro atoms. The second-order valence-corrected chi connectivity index (χ2v) is 6.78. The van der Waals surface area contributed by atoms with E-state index in [4.69, 9.17) is 13.8 Å². The van der Waals surface area contributed by atoms with Crippen LogP contribution in [0.5, 0.6) is 0 Å². The highest BCUT2D eigenvalue weighted by Crippen LogP contribution is 2.56. The lowest BCUT2D eigenvalue weighted by atomic mass is 10.4. The number of ether oxygens (including phenoxy) is 1. The average Bonchev–Trinajstić information content (AvgIpc) is 2.13. The normalized spacial score (nSPS) is 14.0. The van der Waals surface area contributed by atoms with Crippen LogP contribution in [0.25, 0.3) is 0 Å². The number of hydrogen-bond donors (Lipinski definition) is 0. The van der Waals surface area contributed by atoms with Crippen molar-refractivity contribution in [3.8, 4) is 0 Å². The van der Waals surface area contributed by atoms with Gasteiger partial charge in [-0.25, -0.2) is 0 Å². The van der Waals surface area contributed by atoms with E-state index in [0.29, 0.717) is 6.42 Å². The van der Waals surface area contributed by atoms with Gasteiger partial charge in [-0.15, -0.1) is 0 Å². The van der Waals surface area contributed by atoms with Gasteiger partial charge in [0.2, 0.25) is 5.85 Å². The van der Waals surface area contributed by atoms with E-state index in [-0.39, 0.29) is 12.2 Å². The Morgan fingerprint density at radius 1 is 1.11 bits per heavy atom. The van der Waals surface area contributed by atoms with Crippen LogP contribution < -0.4 is 0 Å². The van der Waals surface area contributed by atoms with Crippen LogP contribution >= 0.6 is 7.60 Å². The fraction of sp³-hybridized carbons (Fsp3) is 0.917. The van der Waals surface area contributed by atoms with Crippen LogP contribution in [0.2, 0.25) is 0 Å². The third kappa shape index (κ3) is 6.53. The smallest absolute Gasteiger partial charge is 0.371 e. The second-order valence-electron chi connectivity index (χ2n) is 4.70. The minimum absolute atomic E-state index is 0.260. The molecule has 0 aliphatic carbocycles. The lowest BCUT2D eigenvalue weighted by Gasteiger charge is -2.29. The molecule has 0 heterocycles. The topological polar surface area (TPSA) is 61.8 Å². The summed E-state index contributed by atoms with van der Waals surface area (Å²) in [5, 5.41) is 0. The van der Waals surface area contributed by atoms with E-state index in [2.05, 4.69) is 0 Å². The summed E-state index contributed by atoms with van der Waals surface area (Å²) in [5.74, 6) is -1.31. The predicted octanol–water partition coefficient (Wildman–Crippen LogP) is 3.72. The van der Waals surface area contributed by atoms with Crippen molar-refractivity contribution in [3.05, 3.63) is 0 Å². The molecule has 0 aromatic heterocycles. The standard InChI is InChI=1S/C12H25O5P/c1-7-8-12(15-11(6)13)18(14,16-9(2)3)17-10(4)5/h9-10,12H,7-8H2,1-6H3/t12-/m0/s1. The molecule has 0 aliphatic heterocycles. The third-order valence-electron chi connectivity index (χ3n) is 1.91. The van der Waals surface area contributed by atoms with Gasteiger partial charge in [-0.2, -0.15) is 0 Å². The molecule has 0 saturated carbocycles. The van der Waals surface area contributed by atoms with Gasteiger partial charge in [0.15, 0.2) is 0 Å². The molecule has 0 aromatic rings. The quantitative estimate of drug-likeness (QED) is 0.501. The van der Waals surface area contributed by atoms with Crippen molar-refractivity contribution in [2.24, 2.45) is 0 Å².